The van der Waals surface area contributed by atoms with Gasteiger partial charge in [-0.15, -0.1) is 0 Å². The van der Waals surface area contributed by atoms with Gasteiger partial charge >= 0.3 is 0 Å². The number of ketones is 1. The monoisotopic (exact) mass is 299 g/mol. The Morgan fingerprint density at radius 1 is 1.24 bits per heavy atom. The molecule has 0 unspecified atom stereocenters. The van der Waals surface area contributed by atoms with Crippen molar-refractivity contribution in [2.75, 3.05) is 5.33 Å². The van der Waals surface area contributed by atoms with E-state index in [2.05, 4.69) is 15.9 Å². The lowest BCUT2D eigenvalue weighted by molar-refractivity contribution is -0.384. The van der Waals surface area contributed by atoms with Gasteiger partial charge in [-0.25, -0.2) is 0 Å². The molecule has 0 aliphatic heterocycles. The van der Waals surface area contributed by atoms with Crippen molar-refractivity contribution in [2.45, 2.75) is 25.7 Å². The van der Waals surface area contributed by atoms with Gasteiger partial charge in [-0.1, -0.05) is 28.1 Å². The number of unbranched alkanes of at least 4 members (excludes halogenated alkanes) is 1. The molecule has 1 aromatic rings. The number of carbonyl (C=O) groups excluding carboxylic acids is 1. The predicted molar refractivity (Wildman–Crippen MR) is 69.5 cm³/mol. The Bertz CT molecular complexity index is 389. The second-order valence-electron chi connectivity index (χ2n) is 3.79. The Morgan fingerprint density at radius 2 is 1.88 bits per heavy atom. The number of benzene rings is 1. The molecule has 4 nitrogen and oxygen atoms in total. The van der Waals surface area contributed by atoms with Gasteiger partial charge in [-0.2, -0.15) is 0 Å². The second-order valence-corrected chi connectivity index (χ2v) is 4.58. The van der Waals surface area contributed by atoms with Crippen LogP contribution in [0, 0.1) is 10.1 Å². The number of nitro groups is 1. The molecule has 0 aromatic heterocycles. The molecule has 0 amide bonds. The van der Waals surface area contributed by atoms with Crippen molar-refractivity contribution in [1.29, 1.82) is 0 Å². The van der Waals surface area contributed by atoms with Gasteiger partial charge < -0.3 is 0 Å². The lowest BCUT2D eigenvalue weighted by Crippen LogP contribution is -2.02. The summed E-state index contributed by atoms with van der Waals surface area (Å²) in [7, 11) is 0. The van der Waals surface area contributed by atoms with Crippen LogP contribution in [0.3, 0.4) is 0 Å². The van der Waals surface area contributed by atoms with E-state index in [9.17, 15) is 14.9 Å². The molecule has 1 rings (SSSR count). The van der Waals surface area contributed by atoms with Crippen LogP contribution in [-0.4, -0.2) is 16.0 Å². The van der Waals surface area contributed by atoms with E-state index in [1.165, 1.54) is 12.1 Å². The normalized spacial score (nSPS) is 10.2. The summed E-state index contributed by atoms with van der Waals surface area (Å²) in [6.07, 6.45) is 2.81. The quantitative estimate of drug-likeness (QED) is 0.336. The fourth-order valence-corrected chi connectivity index (χ4v) is 1.86. The Balaban J connectivity index is 2.46. The number of hydrogen-bond donors (Lipinski definition) is 0. The van der Waals surface area contributed by atoms with Gasteiger partial charge in [-0.05, 0) is 18.4 Å². The zero-order chi connectivity index (χ0) is 12.7. The molecule has 0 aliphatic rings. The molecule has 0 radical (unpaired) electrons. The molecule has 17 heavy (non-hydrogen) atoms. The molecule has 0 N–H and O–H groups in total. The Hall–Kier alpha value is -1.23. The number of nitro benzene ring substituents is 1. The molecule has 92 valence electrons. The average molecular weight is 300 g/mol. The fraction of sp³-hybridized carbons (Fsp3) is 0.417. The minimum Gasteiger partial charge on any atom is -0.299 e. The summed E-state index contributed by atoms with van der Waals surface area (Å²) < 4.78 is 0. The molecule has 0 atom stereocenters. The van der Waals surface area contributed by atoms with Gasteiger partial charge in [0.05, 0.1) is 4.92 Å². The maximum Gasteiger partial charge on any atom is 0.269 e. The van der Waals surface area contributed by atoms with Gasteiger partial charge in [0, 0.05) is 30.3 Å². The molecule has 0 bridgehead atoms. The minimum absolute atomic E-state index is 0.0560. The number of alkyl halides is 1. The van der Waals surface area contributed by atoms with Crippen molar-refractivity contribution in [3.8, 4) is 0 Å². The summed E-state index contributed by atoms with van der Waals surface area (Å²) in [4.78, 5) is 21.6. The Labute approximate surface area is 108 Å². The van der Waals surface area contributed by atoms with Crippen LogP contribution in [0.1, 0.15) is 24.8 Å². The maximum atomic E-state index is 11.6. The van der Waals surface area contributed by atoms with Crippen molar-refractivity contribution in [3.63, 3.8) is 0 Å². The summed E-state index contributed by atoms with van der Waals surface area (Å²) in [6.45, 7) is 0. The molecule has 0 aliphatic carbocycles. The van der Waals surface area contributed by atoms with Gasteiger partial charge in [0.25, 0.3) is 5.69 Å². The van der Waals surface area contributed by atoms with Crippen LogP contribution in [0.25, 0.3) is 0 Å². The number of Topliss-reactive ketones (excluding diaryl/α,β-unsaturated/α-hetero) is 1. The lowest BCUT2D eigenvalue weighted by Gasteiger charge is -2.00. The molecule has 0 spiro atoms. The zero-order valence-electron chi connectivity index (χ0n) is 9.39. The van der Waals surface area contributed by atoms with Crippen LogP contribution in [0.5, 0.6) is 0 Å². The fourth-order valence-electron chi connectivity index (χ4n) is 1.47. The third kappa shape index (κ3) is 5.08. The standard InChI is InChI=1S/C12H14BrNO3/c13-8-2-1-3-12(15)9-10-4-6-11(7-5-10)14(16)17/h4-7H,1-3,8-9H2. The molecule has 0 fully saturated rings. The van der Waals surface area contributed by atoms with Crippen LogP contribution in [0.15, 0.2) is 24.3 Å². The molecule has 1 aromatic carbocycles. The lowest BCUT2D eigenvalue weighted by atomic mass is 10.0. The summed E-state index contributed by atoms with van der Waals surface area (Å²) in [5.41, 5.74) is 0.889. The number of rotatable bonds is 7. The summed E-state index contributed by atoms with van der Waals surface area (Å²) in [5.74, 6) is 0.180. The number of non-ortho nitro benzene ring substituents is 1. The van der Waals surface area contributed by atoms with E-state index in [-0.39, 0.29) is 11.5 Å². The Morgan fingerprint density at radius 3 is 2.41 bits per heavy atom. The van der Waals surface area contributed by atoms with E-state index in [0.29, 0.717) is 12.8 Å². The SMILES string of the molecule is O=C(CCCCBr)Cc1ccc([N+](=O)[O-])cc1. The summed E-state index contributed by atoms with van der Waals surface area (Å²) in [5, 5.41) is 11.4. The van der Waals surface area contributed by atoms with E-state index in [1.54, 1.807) is 12.1 Å². The highest BCUT2D eigenvalue weighted by Crippen LogP contribution is 2.13. The van der Waals surface area contributed by atoms with Gasteiger partial charge in [0.2, 0.25) is 0 Å². The van der Waals surface area contributed by atoms with Crippen molar-refractivity contribution in [3.05, 3.63) is 39.9 Å². The third-order valence-electron chi connectivity index (χ3n) is 2.39. The van der Waals surface area contributed by atoms with E-state index >= 15 is 0 Å². The van der Waals surface area contributed by atoms with Gasteiger partial charge in [0.1, 0.15) is 5.78 Å². The van der Waals surface area contributed by atoms with Gasteiger partial charge in [0.15, 0.2) is 0 Å². The minimum atomic E-state index is -0.443. The van der Waals surface area contributed by atoms with Crippen LogP contribution in [-0.2, 0) is 11.2 Å². The summed E-state index contributed by atoms with van der Waals surface area (Å²) >= 11 is 3.31. The highest BCUT2D eigenvalue weighted by atomic mass is 79.9. The largest absolute Gasteiger partial charge is 0.299 e. The maximum absolute atomic E-state index is 11.6. The highest BCUT2D eigenvalue weighted by Gasteiger charge is 2.07. The topological polar surface area (TPSA) is 60.2 Å². The van der Waals surface area contributed by atoms with Crippen LogP contribution in [0.4, 0.5) is 5.69 Å². The van der Waals surface area contributed by atoms with Crippen molar-refractivity contribution < 1.29 is 9.72 Å². The first kappa shape index (κ1) is 13.8. The van der Waals surface area contributed by atoms with E-state index in [0.717, 1.165) is 23.7 Å². The molecule has 5 heteroatoms. The third-order valence-corrected chi connectivity index (χ3v) is 2.95. The molecule has 0 heterocycles. The van der Waals surface area contributed by atoms with Crippen LogP contribution >= 0.6 is 15.9 Å². The zero-order valence-corrected chi connectivity index (χ0v) is 11.0. The first-order chi connectivity index (χ1) is 8.13. The predicted octanol–water partition coefficient (Wildman–Crippen LogP) is 3.27. The van der Waals surface area contributed by atoms with E-state index in [4.69, 9.17) is 0 Å². The number of halogens is 1. The highest BCUT2D eigenvalue weighted by molar-refractivity contribution is 9.09. The van der Waals surface area contributed by atoms with Crippen molar-refractivity contribution in [2.24, 2.45) is 0 Å². The molecule has 0 saturated heterocycles. The smallest absolute Gasteiger partial charge is 0.269 e. The van der Waals surface area contributed by atoms with Crippen LogP contribution in [0.2, 0.25) is 0 Å². The van der Waals surface area contributed by atoms with Crippen LogP contribution < -0.4 is 0 Å². The Kier molecular flexibility index (Phi) is 5.83. The summed E-state index contributed by atoms with van der Waals surface area (Å²) in [6, 6.07) is 6.14. The number of carbonyl (C=O) groups is 1. The number of hydrogen-bond acceptors (Lipinski definition) is 3. The average Bonchev–Trinajstić information content (AvgIpc) is 2.30. The van der Waals surface area contributed by atoms with Crippen molar-refractivity contribution >= 4 is 27.4 Å². The van der Waals surface area contributed by atoms with Gasteiger partial charge in [-0.3, -0.25) is 14.9 Å². The van der Waals surface area contributed by atoms with E-state index in [1.807, 2.05) is 0 Å². The number of nitrogens with zero attached hydrogens (tertiary/aromatic N) is 1. The van der Waals surface area contributed by atoms with Crippen molar-refractivity contribution in [1.82, 2.24) is 0 Å². The van der Waals surface area contributed by atoms with E-state index < -0.39 is 4.92 Å². The molecular weight excluding hydrogens is 286 g/mol. The second kappa shape index (κ2) is 7.17. The molecule has 0 saturated carbocycles. The first-order valence-corrected chi connectivity index (χ1v) is 6.56. The first-order valence-electron chi connectivity index (χ1n) is 5.44. The molecular formula is C12H14BrNO3.